The molecule has 0 spiro atoms. The maximum atomic E-state index is 2.45. The van der Waals surface area contributed by atoms with Gasteiger partial charge < -0.3 is 0 Å². The van der Waals surface area contributed by atoms with Gasteiger partial charge in [0.15, 0.2) is 0 Å². The van der Waals surface area contributed by atoms with Crippen LogP contribution in [0.25, 0.3) is 100 Å². The van der Waals surface area contributed by atoms with Gasteiger partial charge in [0.05, 0.1) is 0 Å². The van der Waals surface area contributed by atoms with E-state index in [9.17, 15) is 0 Å². The second-order valence-electron chi connectivity index (χ2n) is 27.7. The molecule has 0 N–H and O–H groups in total. The molecule has 14 aromatic carbocycles. The van der Waals surface area contributed by atoms with E-state index in [2.05, 4.69) is 374 Å². The molecule has 0 nitrogen and oxygen atoms in total. The fourth-order valence-corrected chi connectivity index (χ4v) is 16.4. The van der Waals surface area contributed by atoms with Crippen LogP contribution in [0.2, 0.25) is 0 Å². The Bertz CT molecular complexity index is 4550. The summed E-state index contributed by atoms with van der Waals surface area (Å²) >= 11 is 0. The predicted octanol–water partition coefficient (Wildman–Crippen LogP) is 21.4. The van der Waals surface area contributed by atoms with Crippen LogP contribution >= 0.6 is 0 Å². The first-order chi connectivity index (χ1) is 47.6. The van der Waals surface area contributed by atoms with Gasteiger partial charge in [-0.25, -0.2) is 0 Å². The summed E-state index contributed by atoms with van der Waals surface area (Å²) in [5, 5.41) is 0. The van der Waals surface area contributed by atoms with Gasteiger partial charge in [-0.1, -0.05) is 380 Å². The zero-order valence-electron chi connectivity index (χ0n) is 58.9. The van der Waals surface area contributed by atoms with E-state index in [1.807, 2.05) is 0 Å². The SMILES string of the molecule is Cc1cc(-c2ccc(-c3ccccc3)cc2)cc(C)c1B(c1c(C)cc(-c2ccc(-c3ccccc3)cc2)cc1C)c1c(C)ccc(-c2ccc(C)c(B(c3c(C)cc(-c4ccc(-c5ccccc5)cc4)cc3C)c3c(C)cc(-c4ccc(-c5ccccc5)cc4)cc3C)c2C)c1C. The maximum Gasteiger partial charge on any atom is 0.243 e. The Morgan fingerprint density at radius 2 is 0.306 bits per heavy atom. The van der Waals surface area contributed by atoms with Gasteiger partial charge in [-0.3, -0.25) is 0 Å². The van der Waals surface area contributed by atoms with Crippen molar-refractivity contribution in [2.75, 3.05) is 0 Å². The molecular formula is C96H84B2. The molecule has 0 heterocycles. The molecule has 0 atom stereocenters. The Hall–Kier alpha value is -10.8. The number of hydrogen-bond donors (Lipinski definition) is 0. The Balaban J connectivity index is 0.920. The lowest BCUT2D eigenvalue weighted by molar-refractivity contribution is 1.36. The van der Waals surface area contributed by atoms with E-state index in [-0.39, 0.29) is 13.4 Å². The third-order valence-corrected chi connectivity index (χ3v) is 21.2. The standard InChI is InChI=1S/C96H84B2/c1-61-33-51-89(71(11)95(61)97(91-63(3)53-85(54-64(91)4)81-43-35-77(36-44-81)73-25-17-13-18-26-73)92-65(5)55-86(56-66(92)6)82-45-37-78(38-46-82)74-27-19-14-20-28-74)90-52-34-62(2)96(72(90)12)98(93-67(7)57-87(58-68(93)8)83-47-39-79(40-48-83)75-29-21-15-22-30-75)94-69(9)59-88(60-70(94)10)84-49-41-80(42-50-84)76-31-23-16-24-32-76/h13-60H,1-12H3. The number of benzene rings is 14. The summed E-state index contributed by atoms with van der Waals surface area (Å²) < 4.78 is 0. The molecule has 0 bridgehead atoms. The first-order valence-corrected chi connectivity index (χ1v) is 34.9. The molecule has 14 rings (SSSR count). The topological polar surface area (TPSA) is 0 Å². The molecule has 98 heavy (non-hydrogen) atoms. The predicted molar refractivity (Wildman–Crippen MR) is 427 cm³/mol. The van der Waals surface area contributed by atoms with E-state index < -0.39 is 0 Å². The van der Waals surface area contributed by atoms with Gasteiger partial charge in [0, 0.05) is 0 Å². The Labute approximate surface area is 583 Å². The Morgan fingerprint density at radius 3 is 0.490 bits per heavy atom. The summed E-state index contributed by atoms with van der Waals surface area (Å²) in [5.74, 6) is 0. The summed E-state index contributed by atoms with van der Waals surface area (Å²) in [6.07, 6.45) is 0. The minimum atomic E-state index is -0.0614. The summed E-state index contributed by atoms with van der Waals surface area (Å²) in [7, 11) is 0. The highest BCUT2D eigenvalue weighted by Crippen LogP contribution is 2.35. The fourth-order valence-electron chi connectivity index (χ4n) is 16.4. The first kappa shape index (κ1) is 64.5. The molecule has 0 saturated heterocycles. The van der Waals surface area contributed by atoms with Crippen molar-refractivity contribution in [3.05, 3.63) is 358 Å². The quantitative estimate of drug-likeness (QED) is 0.0898. The number of aryl methyl sites for hydroxylation is 10. The number of rotatable bonds is 15. The largest absolute Gasteiger partial charge is 0.243 e. The molecule has 14 aromatic rings. The van der Waals surface area contributed by atoms with Crippen molar-refractivity contribution in [3.63, 3.8) is 0 Å². The summed E-state index contributed by atoms with van der Waals surface area (Å²) in [4.78, 5) is 0. The smallest absolute Gasteiger partial charge is 0.0629 e. The van der Waals surface area contributed by atoms with Crippen molar-refractivity contribution in [2.45, 2.75) is 83.1 Å². The van der Waals surface area contributed by atoms with E-state index in [4.69, 9.17) is 0 Å². The Kier molecular flexibility index (Phi) is 18.0. The molecular weight excluding hydrogens is 1170 g/mol. The van der Waals surface area contributed by atoms with Gasteiger partial charge in [0.1, 0.15) is 0 Å². The van der Waals surface area contributed by atoms with E-state index >= 15 is 0 Å². The van der Waals surface area contributed by atoms with Gasteiger partial charge in [-0.05, 0) is 194 Å². The molecule has 0 unspecified atom stereocenters. The minimum Gasteiger partial charge on any atom is -0.0629 e. The lowest BCUT2D eigenvalue weighted by atomic mass is 9.32. The van der Waals surface area contributed by atoms with Crippen molar-refractivity contribution in [3.8, 4) is 100 Å². The van der Waals surface area contributed by atoms with Crippen LogP contribution in [0.5, 0.6) is 0 Å². The second kappa shape index (κ2) is 27.4. The highest BCUT2D eigenvalue weighted by molar-refractivity contribution is 6.98. The van der Waals surface area contributed by atoms with Crippen molar-refractivity contribution < 1.29 is 0 Å². The summed E-state index contributed by atoms with van der Waals surface area (Å²) in [5.41, 5.74) is 45.9. The maximum absolute atomic E-state index is 2.45. The van der Waals surface area contributed by atoms with Crippen LogP contribution in [0.1, 0.15) is 66.8 Å². The fraction of sp³-hybridized carbons (Fsp3) is 0.125. The van der Waals surface area contributed by atoms with Crippen molar-refractivity contribution >= 4 is 46.2 Å². The molecule has 0 aliphatic carbocycles. The van der Waals surface area contributed by atoms with Crippen molar-refractivity contribution in [2.24, 2.45) is 0 Å². The van der Waals surface area contributed by atoms with Gasteiger partial charge in [0.25, 0.3) is 0 Å². The lowest BCUT2D eigenvalue weighted by Crippen LogP contribution is -2.58. The third-order valence-electron chi connectivity index (χ3n) is 21.2. The van der Waals surface area contributed by atoms with Gasteiger partial charge >= 0.3 is 0 Å². The van der Waals surface area contributed by atoms with Gasteiger partial charge in [-0.15, -0.1) is 0 Å². The van der Waals surface area contributed by atoms with Crippen molar-refractivity contribution in [1.82, 2.24) is 0 Å². The zero-order valence-corrected chi connectivity index (χ0v) is 58.9. The summed E-state index contributed by atoms with van der Waals surface area (Å²) in [6.45, 7) is 28.2. The average Bonchev–Trinajstić information content (AvgIpc) is 0.741. The summed E-state index contributed by atoms with van der Waals surface area (Å²) in [6, 6.07) is 109. The van der Waals surface area contributed by atoms with E-state index in [0.29, 0.717) is 0 Å². The highest BCUT2D eigenvalue weighted by Gasteiger charge is 2.35. The molecule has 474 valence electrons. The van der Waals surface area contributed by atoms with Crippen LogP contribution in [-0.2, 0) is 0 Å². The van der Waals surface area contributed by atoms with Crippen LogP contribution in [-0.4, -0.2) is 13.4 Å². The second-order valence-corrected chi connectivity index (χ2v) is 27.7. The van der Waals surface area contributed by atoms with Crippen LogP contribution in [0.3, 0.4) is 0 Å². The molecule has 2 heteroatoms. The monoisotopic (exact) mass is 1260 g/mol. The molecule has 0 aliphatic heterocycles. The zero-order chi connectivity index (χ0) is 67.9. The van der Waals surface area contributed by atoms with E-state index in [1.165, 1.54) is 200 Å². The molecule has 0 amide bonds. The first-order valence-electron chi connectivity index (χ1n) is 34.9. The molecule has 0 aliphatic rings. The Morgan fingerprint density at radius 1 is 0.143 bits per heavy atom. The normalized spacial score (nSPS) is 11.3. The van der Waals surface area contributed by atoms with Crippen LogP contribution in [0.15, 0.2) is 291 Å². The minimum absolute atomic E-state index is 0.0614. The van der Waals surface area contributed by atoms with Crippen LogP contribution in [0.4, 0.5) is 0 Å². The van der Waals surface area contributed by atoms with Crippen LogP contribution in [0, 0.1) is 83.1 Å². The number of hydrogen-bond acceptors (Lipinski definition) is 0. The third kappa shape index (κ3) is 12.6. The van der Waals surface area contributed by atoms with E-state index in [0.717, 1.165) is 0 Å². The molecule has 0 radical (unpaired) electrons. The lowest BCUT2D eigenvalue weighted by Gasteiger charge is -2.30. The van der Waals surface area contributed by atoms with Crippen LogP contribution < -0.4 is 32.8 Å². The molecule has 0 saturated carbocycles. The average molecular weight is 1260 g/mol. The highest BCUT2D eigenvalue weighted by atomic mass is 14.2. The van der Waals surface area contributed by atoms with Gasteiger partial charge in [-0.2, -0.15) is 0 Å². The van der Waals surface area contributed by atoms with E-state index in [1.54, 1.807) is 0 Å². The van der Waals surface area contributed by atoms with Crippen molar-refractivity contribution in [1.29, 1.82) is 0 Å². The molecule has 0 aromatic heterocycles. The van der Waals surface area contributed by atoms with Gasteiger partial charge in [0.2, 0.25) is 13.4 Å². The molecule has 0 fully saturated rings.